The van der Waals surface area contributed by atoms with Crippen molar-refractivity contribution in [3.05, 3.63) is 41.1 Å². The second kappa shape index (κ2) is 6.52. The molecule has 0 unspecified atom stereocenters. The Morgan fingerprint density at radius 2 is 2.14 bits per heavy atom. The molecule has 7 nitrogen and oxygen atoms in total. The van der Waals surface area contributed by atoms with Crippen LogP contribution in [0.2, 0.25) is 0 Å². The molecule has 0 radical (unpaired) electrons. The molecule has 2 saturated carbocycles. The maximum Gasteiger partial charge on any atom is 0.231 e. The molecule has 2 aliphatic carbocycles. The number of amides is 1. The van der Waals surface area contributed by atoms with Gasteiger partial charge in [-0.05, 0) is 50.2 Å². The second-order valence-electron chi connectivity index (χ2n) is 8.55. The molecular weight excluding hydrogens is 386 g/mol. The molecule has 3 aliphatic rings. The number of hydrogen-bond acceptors (Lipinski definition) is 6. The summed E-state index contributed by atoms with van der Waals surface area (Å²) in [5.41, 5.74) is 0. The van der Waals surface area contributed by atoms with E-state index in [1.54, 1.807) is 11.3 Å². The van der Waals surface area contributed by atoms with E-state index >= 15 is 0 Å². The van der Waals surface area contributed by atoms with Crippen molar-refractivity contribution in [2.75, 3.05) is 6.54 Å². The van der Waals surface area contributed by atoms with Crippen LogP contribution in [0.4, 0.5) is 0 Å². The van der Waals surface area contributed by atoms with E-state index in [9.17, 15) is 4.79 Å². The van der Waals surface area contributed by atoms with Gasteiger partial charge in [0.1, 0.15) is 5.82 Å². The van der Waals surface area contributed by atoms with Crippen LogP contribution in [0.1, 0.15) is 41.8 Å². The van der Waals surface area contributed by atoms with Gasteiger partial charge >= 0.3 is 0 Å². The molecule has 0 saturated heterocycles. The summed E-state index contributed by atoms with van der Waals surface area (Å²) in [6.45, 7) is 4.22. The monoisotopic (exact) mass is 409 g/mol. The van der Waals surface area contributed by atoms with Gasteiger partial charge in [-0.3, -0.25) is 4.79 Å². The molecule has 2 bridgehead atoms. The summed E-state index contributed by atoms with van der Waals surface area (Å²) >= 11 is 1.67. The Hall–Kier alpha value is -2.48. The van der Waals surface area contributed by atoms with Gasteiger partial charge in [0.25, 0.3) is 0 Å². The first-order chi connectivity index (χ1) is 14.2. The van der Waals surface area contributed by atoms with Crippen LogP contribution in [0.5, 0.6) is 0 Å². The van der Waals surface area contributed by atoms with Crippen molar-refractivity contribution in [2.45, 2.75) is 45.2 Å². The Kier molecular flexibility index (Phi) is 3.91. The standard InChI is InChI=1S/C21H23N5O2S/c1-12-2-5-15(29-12)19-23-20(28-24-19)17-13-3-4-14(10-13)18(17)21(27)26-9-8-25-7-6-22-16(25)11-26/h2,5-7,13-14,17-18H,3-4,8-11H2,1H3/t13-,14+,17+,18+/m1/s1. The number of aromatic nitrogens is 4. The first-order valence-corrected chi connectivity index (χ1v) is 11.2. The van der Waals surface area contributed by atoms with Crippen LogP contribution >= 0.6 is 11.3 Å². The molecule has 6 rings (SSSR count). The predicted molar refractivity (Wildman–Crippen MR) is 107 cm³/mol. The van der Waals surface area contributed by atoms with E-state index < -0.39 is 0 Å². The molecule has 0 spiro atoms. The third kappa shape index (κ3) is 2.76. The van der Waals surface area contributed by atoms with Gasteiger partial charge < -0.3 is 14.0 Å². The van der Waals surface area contributed by atoms with Crippen molar-refractivity contribution in [1.82, 2.24) is 24.6 Å². The highest BCUT2D eigenvalue weighted by Crippen LogP contribution is 2.57. The van der Waals surface area contributed by atoms with Gasteiger partial charge in [-0.2, -0.15) is 4.98 Å². The van der Waals surface area contributed by atoms with Crippen molar-refractivity contribution < 1.29 is 9.32 Å². The second-order valence-corrected chi connectivity index (χ2v) is 9.84. The Balaban J connectivity index is 1.29. The number of hydrogen-bond donors (Lipinski definition) is 0. The average Bonchev–Trinajstić information content (AvgIpc) is 3.54. The molecular formula is C21H23N5O2S. The van der Waals surface area contributed by atoms with Crippen LogP contribution < -0.4 is 0 Å². The number of nitrogens with zero attached hydrogens (tertiary/aromatic N) is 5. The lowest BCUT2D eigenvalue weighted by Gasteiger charge is -2.34. The summed E-state index contributed by atoms with van der Waals surface area (Å²) < 4.78 is 7.87. The molecule has 3 aromatic heterocycles. The maximum absolute atomic E-state index is 13.6. The summed E-state index contributed by atoms with van der Waals surface area (Å²) in [6.07, 6.45) is 7.18. The Bertz CT molecular complexity index is 1070. The van der Waals surface area contributed by atoms with Gasteiger partial charge in [0.05, 0.1) is 23.3 Å². The van der Waals surface area contributed by atoms with Crippen molar-refractivity contribution in [3.8, 4) is 10.7 Å². The van der Waals surface area contributed by atoms with E-state index in [1.165, 1.54) is 4.88 Å². The van der Waals surface area contributed by atoms with E-state index in [1.807, 2.05) is 23.4 Å². The molecule has 3 aromatic rings. The van der Waals surface area contributed by atoms with Crippen molar-refractivity contribution >= 4 is 17.2 Å². The normalized spacial score (nSPS) is 28.1. The quantitative estimate of drug-likeness (QED) is 0.662. The third-order valence-electron chi connectivity index (χ3n) is 6.95. The zero-order valence-electron chi connectivity index (χ0n) is 16.3. The number of fused-ring (bicyclic) bond motifs is 3. The van der Waals surface area contributed by atoms with Gasteiger partial charge in [0.15, 0.2) is 0 Å². The fourth-order valence-corrected chi connectivity index (χ4v) is 6.39. The maximum atomic E-state index is 13.6. The average molecular weight is 410 g/mol. The van der Waals surface area contributed by atoms with Gasteiger partial charge in [0, 0.05) is 30.4 Å². The van der Waals surface area contributed by atoms with Crippen LogP contribution in [0.25, 0.3) is 10.7 Å². The summed E-state index contributed by atoms with van der Waals surface area (Å²) in [4.78, 5) is 27.0. The fraction of sp³-hybridized carbons (Fsp3) is 0.524. The van der Waals surface area contributed by atoms with Crippen LogP contribution in [0.3, 0.4) is 0 Å². The summed E-state index contributed by atoms with van der Waals surface area (Å²) in [5, 5.41) is 4.24. The Morgan fingerprint density at radius 3 is 3.00 bits per heavy atom. The molecule has 4 heterocycles. The number of carbonyl (C=O) groups excluding carboxylic acids is 1. The molecule has 0 aromatic carbocycles. The smallest absolute Gasteiger partial charge is 0.231 e. The van der Waals surface area contributed by atoms with Gasteiger partial charge in [-0.1, -0.05) is 5.16 Å². The van der Waals surface area contributed by atoms with E-state index in [0.29, 0.717) is 30.1 Å². The molecule has 2 fully saturated rings. The van der Waals surface area contributed by atoms with Crippen LogP contribution in [0, 0.1) is 24.7 Å². The number of rotatable bonds is 3. The van der Waals surface area contributed by atoms with Crippen LogP contribution in [-0.4, -0.2) is 37.0 Å². The van der Waals surface area contributed by atoms with E-state index in [-0.39, 0.29) is 17.7 Å². The number of carbonyl (C=O) groups is 1. The van der Waals surface area contributed by atoms with E-state index in [2.05, 4.69) is 27.7 Å². The van der Waals surface area contributed by atoms with Crippen molar-refractivity contribution in [2.24, 2.45) is 17.8 Å². The van der Waals surface area contributed by atoms with Crippen molar-refractivity contribution in [3.63, 3.8) is 0 Å². The Labute approximate surface area is 172 Å². The zero-order chi connectivity index (χ0) is 19.5. The lowest BCUT2D eigenvalue weighted by molar-refractivity contribution is -0.139. The SMILES string of the molecule is Cc1ccc(-c2noc([C@H]3[C@@H]4CC[C@@H](C4)[C@@H]3C(=O)N3CCn4ccnc4C3)n2)s1. The van der Waals surface area contributed by atoms with Gasteiger partial charge in [-0.15, -0.1) is 11.3 Å². The third-order valence-corrected chi connectivity index (χ3v) is 7.94. The lowest BCUT2D eigenvalue weighted by Crippen LogP contribution is -2.44. The Morgan fingerprint density at radius 1 is 1.24 bits per heavy atom. The topological polar surface area (TPSA) is 77.0 Å². The van der Waals surface area contributed by atoms with Crippen LogP contribution in [-0.2, 0) is 17.9 Å². The number of thiophene rings is 1. The molecule has 150 valence electrons. The molecule has 1 aliphatic heterocycles. The minimum absolute atomic E-state index is 0.0465. The predicted octanol–water partition coefficient (Wildman–Crippen LogP) is 3.48. The highest BCUT2D eigenvalue weighted by Gasteiger charge is 2.54. The first-order valence-electron chi connectivity index (χ1n) is 10.4. The highest BCUT2D eigenvalue weighted by molar-refractivity contribution is 7.15. The first kappa shape index (κ1) is 17.4. The largest absolute Gasteiger partial charge is 0.339 e. The summed E-state index contributed by atoms with van der Waals surface area (Å²) in [6, 6.07) is 4.11. The van der Waals surface area contributed by atoms with Gasteiger partial charge in [0.2, 0.25) is 17.6 Å². The highest BCUT2D eigenvalue weighted by atomic mass is 32.1. The number of imidazole rings is 1. The van der Waals surface area contributed by atoms with E-state index in [0.717, 1.165) is 43.1 Å². The molecule has 8 heteroatoms. The van der Waals surface area contributed by atoms with E-state index in [4.69, 9.17) is 9.51 Å². The van der Waals surface area contributed by atoms with Crippen LogP contribution in [0.15, 0.2) is 29.0 Å². The summed E-state index contributed by atoms with van der Waals surface area (Å²) in [7, 11) is 0. The lowest BCUT2D eigenvalue weighted by atomic mass is 9.78. The molecule has 4 atom stereocenters. The van der Waals surface area contributed by atoms with Gasteiger partial charge in [-0.25, -0.2) is 4.98 Å². The minimum atomic E-state index is -0.0476. The zero-order valence-corrected chi connectivity index (χ0v) is 17.1. The van der Waals surface area contributed by atoms with Crippen molar-refractivity contribution in [1.29, 1.82) is 0 Å². The molecule has 0 N–H and O–H groups in total. The fourth-order valence-electron chi connectivity index (χ4n) is 5.60. The number of aryl methyl sites for hydroxylation is 1. The minimum Gasteiger partial charge on any atom is -0.339 e. The molecule has 29 heavy (non-hydrogen) atoms. The molecule has 1 amide bonds. The summed E-state index contributed by atoms with van der Waals surface area (Å²) in [5.74, 6) is 3.40.